The van der Waals surface area contributed by atoms with Crippen LogP contribution in [0.4, 0.5) is 4.79 Å². The standard InChI is InChI=1S/C21H25N3O5S2/c1-3-5-12-29-21(25)24-31(26,27)20-19(23-18(30-20)6-4-2)16-9-7-15(8-10-16)14-17-22-11-13-28-17/h7-11,13H,3-6,12,14H2,1-2H3,(H,24,25). The SMILES string of the molecule is CCCCOC(=O)NS(=O)(=O)c1sc(CCC)nc1-c1ccc(Cc2ncco2)cc1. The van der Waals surface area contributed by atoms with Crippen LogP contribution in [-0.2, 0) is 27.6 Å². The highest BCUT2D eigenvalue weighted by molar-refractivity contribution is 7.92. The number of sulfonamides is 1. The van der Waals surface area contributed by atoms with Crippen molar-refractivity contribution in [2.24, 2.45) is 0 Å². The maximum absolute atomic E-state index is 12.9. The Bertz CT molecular complexity index is 1090. The minimum Gasteiger partial charge on any atom is -0.449 e. The summed E-state index contributed by atoms with van der Waals surface area (Å²) in [5.41, 5.74) is 1.94. The Hall–Kier alpha value is -2.72. The molecule has 0 spiro atoms. The van der Waals surface area contributed by atoms with Gasteiger partial charge < -0.3 is 9.15 Å². The molecule has 0 aliphatic rings. The first-order valence-electron chi connectivity index (χ1n) is 10.1. The molecule has 0 saturated heterocycles. The van der Waals surface area contributed by atoms with Gasteiger partial charge in [0.25, 0.3) is 10.0 Å². The van der Waals surface area contributed by atoms with Gasteiger partial charge in [-0.2, -0.15) is 0 Å². The number of ether oxygens (including phenoxy) is 1. The molecule has 10 heteroatoms. The number of aromatic nitrogens is 2. The first-order chi connectivity index (χ1) is 14.9. The highest BCUT2D eigenvalue weighted by Gasteiger charge is 2.27. The van der Waals surface area contributed by atoms with Gasteiger partial charge in [-0.15, -0.1) is 11.3 Å². The summed E-state index contributed by atoms with van der Waals surface area (Å²) < 4.78 is 38.0. The van der Waals surface area contributed by atoms with E-state index in [1.807, 2.05) is 42.8 Å². The number of benzene rings is 1. The minimum atomic E-state index is -4.12. The number of amides is 1. The number of nitrogens with one attached hydrogen (secondary N) is 1. The van der Waals surface area contributed by atoms with Gasteiger partial charge in [0.15, 0.2) is 10.1 Å². The van der Waals surface area contributed by atoms with E-state index in [9.17, 15) is 13.2 Å². The largest absolute Gasteiger partial charge is 0.449 e. The van der Waals surface area contributed by atoms with E-state index in [-0.39, 0.29) is 10.8 Å². The van der Waals surface area contributed by atoms with Crippen molar-refractivity contribution in [2.75, 3.05) is 6.61 Å². The number of carbonyl (C=O) groups is 1. The summed E-state index contributed by atoms with van der Waals surface area (Å²) in [5, 5.41) is 0.695. The molecule has 31 heavy (non-hydrogen) atoms. The van der Waals surface area contributed by atoms with Crippen molar-refractivity contribution in [3.8, 4) is 11.3 Å². The zero-order chi connectivity index (χ0) is 22.3. The van der Waals surface area contributed by atoms with Gasteiger partial charge in [0.1, 0.15) is 12.0 Å². The predicted octanol–water partition coefficient (Wildman–Crippen LogP) is 4.56. The minimum absolute atomic E-state index is 0.00356. The fourth-order valence-electron chi connectivity index (χ4n) is 2.82. The summed E-state index contributed by atoms with van der Waals surface area (Å²) in [5.74, 6) is 0.598. The van der Waals surface area contributed by atoms with Gasteiger partial charge in [0.2, 0.25) is 0 Å². The molecule has 0 aliphatic heterocycles. The van der Waals surface area contributed by atoms with Gasteiger partial charge in [-0.3, -0.25) is 0 Å². The fourth-order valence-corrected chi connectivity index (χ4v) is 5.38. The zero-order valence-corrected chi connectivity index (χ0v) is 19.1. The molecule has 1 N–H and O–H groups in total. The molecule has 1 aromatic carbocycles. The van der Waals surface area contributed by atoms with Crippen LogP contribution in [0.5, 0.6) is 0 Å². The Balaban J connectivity index is 1.85. The lowest BCUT2D eigenvalue weighted by Crippen LogP contribution is -2.31. The smallest absolute Gasteiger partial charge is 0.421 e. The first-order valence-corrected chi connectivity index (χ1v) is 12.4. The first kappa shape index (κ1) is 23.0. The van der Waals surface area contributed by atoms with Crippen molar-refractivity contribution < 1.29 is 22.4 Å². The topological polar surface area (TPSA) is 111 Å². The number of aryl methyl sites for hydroxylation is 1. The Labute approximate surface area is 185 Å². The van der Waals surface area contributed by atoms with Crippen molar-refractivity contribution in [2.45, 2.75) is 50.2 Å². The highest BCUT2D eigenvalue weighted by Crippen LogP contribution is 2.33. The second-order valence-electron chi connectivity index (χ2n) is 6.89. The molecule has 0 unspecified atom stereocenters. The third-order valence-electron chi connectivity index (χ3n) is 4.36. The van der Waals surface area contributed by atoms with Crippen LogP contribution in [0.3, 0.4) is 0 Å². The molecule has 0 atom stereocenters. The van der Waals surface area contributed by atoms with E-state index >= 15 is 0 Å². The number of hydrogen-bond acceptors (Lipinski definition) is 8. The van der Waals surface area contributed by atoms with Crippen LogP contribution in [0.1, 0.15) is 49.6 Å². The Kier molecular flexibility index (Phi) is 7.80. The van der Waals surface area contributed by atoms with E-state index in [2.05, 4.69) is 9.97 Å². The molecule has 8 nitrogen and oxygen atoms in total. The summed E-state index contributed by atoms with van der Waals surface area (Å²) in [6, 6.07) is 7.37. The maximum Gasteiger partial charge on any atom is 0.421 e. The van der Waals surface area contributed by atoms with Crippen LogP contribution in [0.15, 0.2) is 45.4 Å². The highest BCUT2D eigenvalue weighted by atomic mass is 32.2. The van der Waals surface area contributed by atoms with Gasteiger partial charge in [0, 0.05) is 12.0 Å². The molecule has 2 heterocycles. The van der Waals surface area contributed by atoms with E-state index in [4.69, 9.17) is 9.15 Å². The monoisotopic (exact) mass is 463 g/mol. The molecule has 166 valence electrons. The average molecular weight is 464 g/mol. The molecular formula is C21H25N3O5S2. The lowest BCUT2D eigenvalue weighted by atomic mass is 10.1. The number of nitrogens with zero attached hydrogens (tertiary/aromatic N) is 2. The van der Waals surface area contributed by atoms with Crippen LogP contribution in [0.2, 0.25) is 0 Å². The fraction of sp³-hybridized carbons (Fsp3) is 0.381. The molecular weight excluding hydrogens is 438 g/mol. The number of thiazole rings is 1. The summed E-state index contributed by atoms with van der Waals surface area (Å²) in [4.78, 5) is 20.6. The molecule has 3 rings (SSSR count). The molecule has 2 aromatic heterocycles. The number of unbranched alkanes of at least 4 members (excludes halogenated alkanes) is 1. The molecule has 0 aliphatic carbocycles. The van der Waals surface area contributed by atoms with E-state index in [1.54, 1.807) is 6.20 Å². The third-order valence-corrected chi connectivity index (χ3v) is 7.30. The molecule has 0 bridgehead atoms. The Morgan fingerprint density at radius 3 is 2.61 bits per heavy atom. The van der Waals surface area contributed by atoms with Gasteiger partial charge in [0.05, 0.1) is 17.8 Å². The second-order valence-corrected chi connectivity index (χ2v) is 9.85. The number of carbonyl (C=O) groups excluding carboxylic acids is 1. The molecule has 1 amide bonds. The van der Waals surface area contributed by atoms with Gasteiger partial charge in [-0.1, -0.05) is 44.5 Å². The predicted molar refractivity (Wildman–Crippen MR) is 117 cm³/mol. The molecule has 0 fully saturated rings. The maximum atomic E-state index is 12.9. The second kappa shape index (κ2) is 10.5. The summed E-state index contributed by atoms with van der Waals surface area (Å²) in [7, 11) is -4.12. The van der Waals surface area contributed by atoms with Crippen molar-refractivity contribution in [1.82, 2.24) is 14.7 Å². The summed E-state index contributed by atoms with van der Waals surface area (Å²) in [6.07, 6.45) is 5.64. The van der Waals surface area contributed by atoms with Gasteiger partial charge in [-0.05, 0) is 24.8 Å². The normalized spacial score (nSPS) is 11.4. The van der Waals surface area contributed by atoms with Crippen molar-refractivity contribution in [1.29, 1.82) is 0 Å². The summed E-state index contributed by atoms with van der Waals surface area (Å²) in [6.45, 7) is 4.11. The van der Waals surface area contributed by atoms with E-state index < -0.39 is 16.1 Å². The van der Waals surface area contributed by atoms with Crippen molar-refractivity contribution >= 4 is 27.5 Å². The van der Waals surface area contributed by atoms with Crippen molar-refractivity contribution in [3.05, 3.63) is 53.2 Å². The van der Waals surface area contributed by atoms with Crippen LogP contribution in [0, 0.1) is 0 Å². The lowest BCUT2D eigenvalue weighted by molar-refractivity contribution is 0.151. The number of hydrogen-bond donors (Lipinski definition) is 1. The van der Waals surface area contributed by atoms with E-state index in [1.165, 1.54) is 6.26 Å². The molecule has 0 radical (unpaired) electrons. The van der Waals surface area contributed by atoms with Crippen LogP contribution in [0.25, 0.3) is 11.3 Å². The van der Waals surface area contributed by atoms with E-state index in [0.717, 1.165) is 29.7 Å². The Morgan fingerprint density at radius 1 is 1.19 bits per heavy atom. The molecule has 0 saturated carbocycles. The van der Waals surface area contributed by atoms with Crippen LogP contribution < -0.4 is 4.72 Å². The number of rotatable bonds is 10. The lowest BCUT2D eigenvalue weighted by Gasteiger charge is -2.08. The van der Waals surface area contributed by atoms with Crippen LogP contribution in [-0.4, -0.2) is 31.1 Å². The van der Waals surface area contributed by atoms with Gasteiger partial charge >= 0.3 is 6.09 Å². The van der Waals surface area contributed by atoms with Crippen molar-refractivity contribution in [3.63, 3.8) is 0 Å². The molecule has 3 aromatic rings. The van der Waals surface area contributed by atoms with Gasteiger partial charge in [-0.25, -0.2) is 27.9 Å². The van der Waals surface area contributed by atoms with E-state index in [0.29, 0.717) is 41.4 Å². The zero-order valence-electron chi connectivity index (χ0n) is 17.5. The average Bonchev–Trinajstić information content (AvgIpc) is 3.39. The number of oxazole rings is 1. The summed E-state index contributed by atoms with van der Waals surface area (Å²) >= 11 is 1.07. The third kappa shape index (κ3) is 6.14. The van der Waals surface area contributed by atoms with Crippen LogP contribution >= 0.6 is 11.3 Å². The Morgan fingerprint density at radius 2 is 1.97 bits per heavy atom. The quantitative estimate of drug-likeness (QED) is 0.439.